The fourth-order valence-electron chi connectivity index (χ4n) is 4.95. The Bertz CT molecular complexity index is 742. The Morgan fingerprint density at radius 2 is 2.00 bits per heavy atom. The number of Topliss-reactive ketones (excluding diaryl/α,β-unsaturated/α-hetero) is 1. The predicted molar refractivity (Wildman–Crippen MR) is 92.8 cm³/mol. The highest BCUT2D eigenvalue weighted by molar-refractivity contribution is 6.16. The van der Waals surface area contributed by atoms with Crippen molar-refractivity contribution in [2.45, 2.75) is 62.9 Å². The molecule has 3 N–H and O–H groups in total. The van der Waals surface area contributed by atoms with Gasteiger partial charge in [0, 0.05) is 17.8 Å². The molecule has 0 aromatic heterocycles. The zero-order valence-electron chi connectivity index (χ0n) is 15.3. The van der Waals surface area contributed by atoms with E-state index in [1.54, 1.807) is 6.92 Å². The lowest BCUT2D eigenvalue weighted by molar-refractivity contribution is -0.160. The summed E-state index contributed by atoms with van der Waals surface area (Å²) < 4.78 is 5.62. The van der Waals surface area contributed by atoms with E-state index in [1.807, 2.05) is 7.05 Å². The third-order valence-electron chi connectivity index (χ3n) is 6.20. The van der Waals surface area contributed by atoms with Gasteiger partial charge < -0.3 is 25.2 Å². The zero-order chi connectivity index (χ0) is 18.7. The first-order valence-electron chi connectivity index (χ1n) is 9.40. The highest BCUT2D eigenvalue weighted by Crippen LogP contribution is 2.53. The van der Waals surface area contributed by atoms with Gasteiger partial charge in [-0.1, -0.05) is 0 Å². The molecule has 7 nitrogen and oxygen atoms in total. The summed E-state index contributed by atoms with van der Waals surface area (Å²) in [5, 5.41) is 25.3. The molecule has 0 saturated carbocycles. The molecule has 2 aliphatic carbocycles. The summed E-state index contributed by atoms with van der Waals surface area (Å²) in [5.41, 5.74) is -3.08. The summed E-state index contributed by atoms with van der Waals surface area (Å²) in [6.07, 6.45) is 4.14. The van der Waals surface area contributed by atoms with Gasteiger partial charge >= 0.3 is 5.97 Å². The summed E-state index contributed by atoms with van der Waals surface area (Å²) >= 11 is 0. The van der Waals surface area contributed by atoms with E-state index in [0.717, 1.165) is 32.2 Å². The van der Waals surface area contributed by atoms with E-state index >= 15 is 0 Å². The van der Waals surface area contributed by atoms with Crippen LogP contribution in [-0.2, 0) is 14.3 Å². The monoisotopic (exact) mass is 362 g/mol. The van der Waals surface area contributed by atoms with Crippen molar-refractivity contribution < 1.29 is 24.5 Å². The summed E-state index contributed by atoms with van der Waals surface area (Å²) in [5.74, 6) is -1.28. The van der Waals surface area contributed by atoms with Gasteiger partial charge in [-0.2, -0.15) is 0 Å². The molecule has 3 atom stereocenters. The van der Waals surface area contributed by atoms with E-state index < -0.39 is 23.1 Å². The topological polar surface area (TPSA) is 99.1 Å². The number of ether oxygens (including phenoxy) is 1. The lowest BCUT2D eigenvalue weighted by Crippen LogP contribution is -2.60. The number of rotatable bonds is 2. The van der Waals surface area contributed by atoms with Gasteiger partial charge in [0.05, 0.1) is 0 Å². The van der Waals surface area contributed by atoms with E-state index in [0.29, 0.717) is 36.2 Å². The van der Waals surface area contributed by atoms with Crippen molar-refractivity contribution in [1.29, 1.82) is 0 Å². The van der Waals surface area contributed by atoms with Crippen molar-refractivity contribution in [3.63, 3.8) is 0 Å². The second-order valence-electron chi connectivity index (χ2n) is 7.97. The van der Waals surface area contributed by atoms with Gasteiger partial charge in [-0.15, -0.1) is 0 Å². The molecule has 1 saturated heterocycles. The van der Waals surface area contributed by atoms with Gasteiger partial charge in [0.15, 0.2) is 0 Å². The quantitative estimate of drug-likeness (QED) is 0.611. The maximum absolute atomic E-state index is 13.0. The summed E-state index contributed by atoms with van der Waals surface area (Å²) in [6, 6.07) is 0. The minimum Gasteiger partial charge on any atom is -0.458 e. The molecule has 0 radical (unpaired) electrons. The summed E-state index contributed by atoms with van der Waals surface area (Å²) in [7, 11) is 1.96. The molecule has 3 unspecified atom stereocenters. The van der Waals surface area contributed by atoms with Crippen LogP contribution in [0.5, 0.6) is 0 Å². The number of likely N-dealkylation sites (tertiary alicyclic amines) is 1. The number of hydrogen-bond acceptors (Lipinski definition) is 7. The number of carbonyl (C=O) groups is 2. The first-order valence-corrected chi connectivity index (χ1v) is 9.40. The van der Waals surface area contributed by atoms with Gasteiger partial charge in [0.2, 0.25) is 17.1 Å². The van der Waals surface area contributed by atoms with E-state index in [9.17, 15) is 19.8 Å². The van der Waals surface area contributed by atoms with Gasteiger partial charge in [0.25, 0.3) is 0 Å². The van der Waals surface area contributed by atoms with Crippen LogP contribution >= 0.6 is 0 Å². The van der Waals surface area contributed by atoms with Crippen molar-refractivity contribution in [2.24, 2.45) is 0 Å². The molecule has 4 rings (SSSR count). The zero-order valence-corrected chi connectivity index (χ0v) is 15.3. The van der Waals surface area contributed by atoms with Crippen molar-refractivity contribution in [2.75, 3.05) is 20.1 Å². The minimum atomic E-state index is -2.29. The molecule has 0 spiro atoms. The van der Waals surface area contributed by atoms with Crippen LogP contribution in [0, 0.1) is 0 Å². The third kappa shape index (κ3) is 2.23. The molecule has 0 aromatic rings. The molecule has 0 amide bonds. The van der Waals surface area contributed by atoms with E-state index in [2.05, 4.69) is 10.2 Å². The smallest absolute Gasteiger partial charge is 0.339 e. The first kappa shape index (κ1) is 17.7. The van der Waals surface area contributed by atoms with Crippen LogP contribution in [0.4, 0.5) is 0 Å². The van der Waals surface area contributed by atoms with Crippen LogP contribution in [0.25, 0.3) is 0 Å². The van der Waals surface area contributed by atoms with Crippen molar-refractivity contribution in [1.82, 2.24) is 10.2 Å². The van der Waals surface area contributed by atoms with Crippen LogP contribution < -0.4 is 5.32 Å². The minimum absolute atomic E-state index is 0.146. The molecule has 2 aliphatic heterocycles. The number of nitrogens with one attached hydrogen (secondary N) is 1. The third-order valence-corrected chi connectivity index (χ3v) is 6.20. The van der Waals surface area contributed by atoms with Gasteiger partial charge in [-0.05, 0) is 64.6 Å². The van der Waals surface area contributed by atoms with Crippen molar-refractivity contribution >= 4 is 11.8 Å². The largest absolute Gasteiger partial charge is 0.458 e. The lowest BCUT2D eigenvalue weighted by atomic mass is 9.83. The van der Waals surface area contributed by atoms with Gasteiger partial charge in [-0.25, -0.2) is 4.79 Å². The van der Waals surface area contributed by atoms with E-state index in [4.69, 9.17) is 4.74 Å². The highest BCUT2D eigenvalue weighted by atomic mass is 16.5. The molecule has 2 heterocycles. The Hall–Kier alpha value is -1.70. The van der Waals surface area contributed by atoms with Crippen LogP contribution in [0.1, 0.15) is 45.4 Å². The first-order chi connectivity index (χ1) is 12.3. The van der Waals surface area contributed by atoms with Crippen LogP contribution in [0.2, 0.25) is 0 Å². The Kier molecular flexibility index (Phi) is 4.02. The van der Waals surface area contributed by atoms with Crippen LogP contribution in [0.3, 0.4) is 0 Å². The highest BCUT2D eigenvalue weighted by Gasteiger charge is 2.70. The Morgan fingerprint density at radius 1 is 1.27 bits per heavy atom. The van der Waals surface area contributed by atoms with Crippen molar-refractivity contribution in [3.05, 3.63) is 22.4 Å². The number of esters is 1. The molecule has 142 valence electrons. The predicted octanol–water partition coefficient (Wildman–Crippen LogP) is 0.374. The van der Waals surface area contributed by atoms with E-state index in [1.165, 1.54) is 0 Å². The fourth-order valence-corrected chi connectivity index (χ4v) is 4.95. The SMILES string of the molecule is CC1=C(C(=O)OC2CCCN(C)C2)C2(O)C(=O)C3=C(CCCC3)C2(O)N1. The van der Waals surface area contributed by atoms with Crippen LogP contribution in [0.15, 0.2) is 22.4 Å². The number of aliphatic hydroxyl groups is 2. The van der Waals surface area contributed by atoms with Crippen LogP contribution in [-0.4, -0.2) is 64.4 Å². The van der Waals surface area contributed by atoms with Gasteiger partial charge in [-0.3, -0.25) is 4.79 Å². The Balaban J connectivity index is 1.64. The molecule has 26 heavy (non-hydrogen) atoms. The average molecular weight is 362 g/mol. The number of ketones is 1. The van der Waals surface area contributed by atoms with Gasteiger partial charge in [0.1, 0.15) is 11.7 Å². The number of fused-ring (bicyclic) bond motifs is 2. The standard InChI is InChI=1S/C19H26N2O5/c1-11-15(17(23)26-12-6-5-9-21(2)10-12)18(24)16(22)13-7-3-4-8-14(13)19(18,25)20-11/h12,20,24-25H,3-10H2,1-2H3. The summed E-state index contributed by atoms with van der Waals surface area (Å²) in [4.78, 5) is 28.0. The maximum Gasteiger partial charge on any atom is 0.339 e. The summed E-state index contributed by atoms with van der Waals surface area (Å²) in [6.45, 7) is 3.17. The molecule has 0 aromatic carbocycles. The molecule has 1 fully saturated rings. The number of carbonyl (C=O) groups excluding carboxylic acids is 2. The molecular weight excluding hydrogens is 336 g/mol. The normalized spacial score (nSPS) is 37.5. The number of piperidine rings is 1. The number of likely N-dealkylation sites (N-methyl/N-ethyl adjacent to an activating group) is 1. The fraction of sp³-hybridized carbons (Fsp3) is 0.684. The molecule has 4 aliphatic rings. The maximum atomic E-state index is 13.0. The molecular formula is C19H26N2O5. The number of hydrogen-bond donors (Lipinski definition) is 3. The second kappa shape index (κ2) is 5.90. The lowest BCUT2D eigenvalue weighted by Gasteiger charge is -2.35. The number of nitrogens with zero attached hydrogens (tertiary/aromatic N) is 1. The second-order valence-corrected chi connectivity index (χ2v) is 7.97. The Morgan fingerprint density at radius 3 is 2.73 bits per heavy atom. The molecule has 7 heteroatoms. The number of allylic oxidation sites excluding steroid dienone is 1. The average Bonchev–Trinajstić information content (AvgIpc) is 2.90. The Labute approximate surface area is 152 Å². The van der Waals surface area contributed by atoms with E-state index in [-0.39, 0.29) is 11.7 Å². The molecule has 0 bridgehead atoms. The van der Waals surface area contributed by atoms with Crippen molar-refractivity contribution in [3.8, 4) is 0 Å².